The smallest absolute Gasteiger partial charge is 0.411 e. The van der Waals surface area contributed by atoms with E-state index in [1.165, 1.54) is 38.9 Å². The second-order valence-corrected chi connectivity index (χ2v) is 19.9. The van der Waals surface area contributed by atoms with Crippen LogP contribution in [0.3, 0.4) is 0 Å². The van der Waals surface area contributed by atoms with Gasteiger partial charge in [-0.05, 0) is 158 Å². The van der Waals surface area contributed by atoms with E-state index in [2.05, 4.69) is 59.6 Å². The SMILES string of the molecule is CC(C)(C)OC(=O)N1[C@@H]2CC[C@@H](C2)[C@H]1C1=Nc2ccc(-c3ccc4c(c3)C3(CC3)c3cc(-c5cnc([C@@H]6CC7(CC7)CN6C(=O)OCc6ccccc6)[nH]5)ccc3-4)cc2C1. The van der Waals surface area contributed by atoms with Gasteiger partial charge in [0.2, 0.25) is 0 Å². The van der Waals surface area contributed by atoms with E-state index in [4.69, 9.17) is 19.5 Å². The minimum atomic E-state index is -0.526. The molecule has 1 N–H and O–H groups in total. The van der Waals surface area contributed by atoms with E-state index in [0.29, 0.717) is 5.92 Å². The molecule has 0 unspecified atom stereocenters. The highest BCUT2D eigenvalue weighted by atomic mass is 16.6. The number of amides is 2. The van der Waals surface area contributed by atoms with Crippen LogP contribution in [0.15, 0.2) is 96.1 Å². The number of H-pyrrole nitrogens is 1. The van der Waals surface area contributed by atoms with Crippen molar-refractivity contribution in [2.45, 2.75) is 114 Å². The van der Waals surface area contributed by atoms with Gasteiger partial charge in [-0.2, -0.15) is 0 Å². The molecule has 5 aromatic rings. The maximum absolute atomic E-state index is 13.5. The number of likely N-dealkylation sites (tertiary alicyclic amines) is 2. The number of benzene rings is 4. The topological polar surface area (TPSA) is 100 Å². The third-order valence-electron chi connectivity index (χ3n) is 14.8. The average molecular weight is 798 g/mol. The molecule has 1 aromatic heterocycles. The number of hydrogen-bond donors (Lipinski definition) is 1. The molecule has 2 saturated heterocycles. The summed E-state index contributed by atoms with van der Waals surface area (Å²) < 4.78 is 11.7. The van der Waals surface area contributed by atoms with Gasteiger partial charge in [0, 0.05) is 30.1 Å². The average Bonchev–Trinajstić information content (AvgIpc) is 3.69. The summed E-state index contributed by atoms with van der Waals surface area (Å²) in [5.41, 5.74) is 14.1. The summed E-state index contributed by atoms with van der Waals surface area (Å²) in [6, 6.07) is 30.7. The first-order valence-corrected chi connectivity index (χ1v) is 22.1. The Morgan fingerprint density at radius 3 is 2.33 bits per heavy atom. The van der Waals surface area contributed by atoms with E-state index in [0.717, 1.165) is 98.4 Å². The van der Waals surface area contributed by atoms with Gasteiger partial charge in [0.05, 0.1) is 29.7 Å². The Bertz CT molecular complexity index is 2630. The maximum atomic E-state index is 13.5. The van der Waals surface area contributed by atoms with Crippen LogP contribution in [0.4, 0.5) is 15.3 Å². The molecule has 0 radical (unpaired) electrons. The Labute approximate surface area is 351 Å². The molecule has 2 bridgehead atoms. The highest BCUT2D eigenvalue weighted by Gasteiger charge is 2.56. The van der Waals surface area contributed by atoms with Gasteiger partial charge in [-0.1, -0.05) is 60.7 Å². The molecule has 7 aliphatic rings. The number of aromatic amines is 1. The van der Waals surface area contributed by atoms with E-state index in [1.807, 2.05) is 67.1 Å². The minimum absolute atomic E-state index is 0.0159. The molecular weight excluding hydrogens is 747 g/mol. The Balaban J connectivity index is 0.774. The van der Waals surface area contributed by atoms with Crippen molar-refractivity contribution in [2.24, 2.45) is 16.3 Å². The van der Waals surface area contributed by atoms with Crippen LogP contribution in [0.25, 0.3) is 33.5 Å². The van der Waals surface area contributed by atoms with Crippen LogP contribution in [0.5, 0.6) is 0 Å². The highest BCUT2D eigenvalue weighted by molar-refractivity contribution is 6.00. The minimum Gasteiger partial charge on any atom is -0.445 e. The number of aromatic nitrogens is 2. The van der Waals surface area contributed by atoms with Crippen molar-refractivity contribution in [3.63, 3.8) is 0 Å². The fourth-order valence-electron chi connectivity index (χ4n) is 11.6. The number of carbonyl (C=O) groups is 2. The van der Waals surface area contributed by atoms with Crippen LogP contribution in [0.2, 0.25) is 0 Å². The molecule has 12 rings (SSSR count). The summed E-state index contributed by atoms with van der Waals surface area (Å²) in [5.74, 6) is 1.29. The lowest BCUT2D eigenvalue weighted by atomic mass is 9.89. The van der Waals surface area contributed by atoms with Gasteiger partial charge in [-0.3, -0.25) is 14.8 Å². The number of carbonyl (C=O) groups excluding carboxylic acids is 2. The van der Waals surface area contributed by atoms with Gasteiger partial charge in [0.25, 0.3) is 0 Å². The molecule has 304 valence electrons. The number of nitrogens with zero attached hydrogens (tertiary/aromatic N) is 4. The van der Waals surface area contributed by atoms with Crippen LogP contribution in [-0.4, -0.2) is 61.9 Å². The van der Waals surface area contributed by atoms with Crippen molar-refractivity contribution < 1.29 is 19.1 Å². The van der Waals surface area contributed by atoms with Gasteiger partial charge in [-0.25, -0.2) is 14.6 Å². The lowest BCUT2D eigenvalue weighted by molar-refractivity contribution is 0.0142. The molecule has 4 aliphatic carbocycles. The summed E-state index contributed by atoms with van der Waals surface area (Å²) in [5, 5.41) is 0. The molecule has 4 aromatic carbocycles. The first kappa shape index (κ1) is 36.2. The van der Waals surface area contributed by atoms with Crippen LogP contribution in [0.1, 0.15) is 106 Å². The number of piperidine rings is 1. The molecule has 2 spiro atoms. The number of nitrogens with one attached hydrogen (secondary N) is 1. The predicted molar refractivity (Wildman–Crippen MR) is 231 cm³/mol. The molecule has 3 aliphatic heterocycles. The van der Waals surface area contributed by atoms with Gasteiger partial charge >= 0.3 is 12.2 Å². The number of imidazole rings is 1. The largest absolute Gasteiger partial charge is 0.445 e. The quantitative estimate of drug-likeness (QED) is 0.184. The van der Waals surface area contributed by atoms with Crippen LogP contribution < -0.4 is 0 Å². The molecule has 9 nitrogen and oxygen atoms in total. The summed E-state index contributed by atoms with van der Waals surface area (Å²) in [7, 11) is 0. The van der Waals surface area contributed by atoms with Gasteiger partial charge in [0.1, 0.15) is 18.0 Å². The number of hydrogen-bond acceptors (Lipinski definition) is 6. The second kappa shape index (κ2) is 12.9. The summed E-state index contributed by atoms with van der Waals surface area (Å²) in [6.07, 6.45) is 11.0. The molecule has 4 heterocycles. The lowest BCUT2D eigenvalue weighted by Gasteiger charge is -2.36. The monoisotopic (exact) mass is 797 g/mol. The van der Waals surface area contributed by atoms with Gasteiger partial charge in [-0.15, -0.1) is 0 Å². The van der Waals surface area contributed by atoms with E-state index in [9.17, 15) is 9.59 Å². The maximum Gasteiger partial charge on any atom is 0.411 e. The Kier molecular flexibility index (Phi) is 7.78. The van der Waals surface area contributed by atoms with Crippen molar-refractivity contribution in [1.82, 2.24) is 19.8 Å². The van der Waals surface area contributed by atoms with E-state index in [1.54, 1.807) is 0 Å². The van der Waals surface area contributed by atoms with Gasteiger partial charge < -0.3 is 14.5 Å². The number of aliphatic imine (C=N–C) groups is 1. The third kappa shape index (κ3) is 5.86. The molecule has 4 atom stereocenters. The van der Waals surface area contributed by atoms with Crippen LogP contribution in [-0.2, 0) is 27.9 Å². The molecule has 2 amide bonds. The summed E-state index contributed by atoms with van der Waals surface area (Å²) in [6.45, 7) is 6.81. The number of ether oxygens (including phenoxy) is 2. The summed E-state index contributed by atoms with van der Waals surface area (Å²) in [4.78, 5) is 44.6. The highest BCUT2D eigenvalue weighted by Crippen LogP contribution is 2.64. The van der Waals surface area contributed by atoms with Crippen molar-refractivity contribution in [3.8, 4) is 33.5 Å². The fraction of sp³-hybridized carbons (Fsp3) is 0.412. The summed E-state index contributed by atoms with van der Waals surface area (Å²) >= 11 is 0. The van der Waals surface area contributed by atoms with Crippen molar-refractivity contribution in [2.75, 3.05) is 6.54 Å². The predicted octanol–water partition coefficient (Wildman–Crippen LogP) is 11.1. The van der Waals surface area contributed by atoms with Crippen molar-refractivity contribution in [3.05, 3.63) is 119 Å². The van der Waals surface area contributed by atoms with Gasteiger partial charge in [0.15, 0.2) is 0 Å². The first-order valence-electron chi connectivity index (χ1n) is 22.1. The second-order valence-electron chi connectivity index (χ2n) is 19.9. The Morgan fingerprint density at radius 1 is 0.850 bits per heavy atom. The molecule has 60 heavy (non-hydrogen) atoms. The molecular formula is C51H51N5O4. The zero-order valence-corrected chi connectivity index (χ0v) is 34.7. The Hall–Kier alpha value is -5.70. The van der Waals surface area contributed by atoms with Crippen LogP contribution >= 0.6 is 0 Å². The normalized spacial score (nSPS) is 24.4. The van der Waals surface area contributed by atoms with E-state index in [-0.39, 0.29) is 47.7 Å². The van der Waals surface area contributed by atoms with E-state index < -0.39 is 5.60 Å². The standard InChI is InChI=1S/C51H51N5O4/c1-49(2,3)60-48(58)56-36-13-9-34(22-36)45(56)42-25-35-21-31(12-16-41(35)53-42)32-10-14-37-38-15-11-33(24-40(38)51(19-20-51)39(37)23-32)43-27-52-46(54-43)44-26-50(17-18-50)29-55(44)47(57)59-28-30-7-5-4-6-8-30/h4-8,10-12,14-16,21,23-24,27,34,36,44-45H,9,13,17-20,22,25-26,28-29H2,1-3H3,(H,52,54)/t34-,36+,44-,45-/m0/s1. The fourth-order valence-corrected chi connectivity index (χ4v) is 11.6. The zero-order chi connectivity index (χ0) is 40.5. The first-order chi connectivity index (χ1) is 29.0. The number of rotatable bonds is 6. The lowest BCUT2D eigenvalue weighted by Crippen LogP contribution is -2.50. The molecule has 9 heteroatoms. The third-order valence-corrected chi connectivity index (χ3v) is 14.8. The zero-order valence-electron chi connectivity index (χ0n) is 34.7. The molecule has 5 fully saturated rings. The molecule has 3 saturated carbocycles. The van der Waals surface area contributed by atoms with Crippen molar-refractivity contribution >= 4 is 23.6 Å². The van der Waals surface area contributed by atoms with Crippen LogP contribution in [0, 0.1) is 11.3 Å². The Morgan fingerprint density at radius 2 is 1.58 bits per heavy atom. The van der Waals surface area contributed by atoms with Crippen molar-refractivity contribution in [1.29, 1.82) is 0 Å². The van der Waals surface area contributed by atoms with E-state index >= 15 is 0 Å². The number of fused-ring (bicyclic) bond motifs is 8.